The highest BCUT2D eigenvalue weighted by Crippen LogP contribution is 2.33. The molecule has 1 aliphatic carbocycles. The Balaban J connectivity index is 2.09. The fourth-order valence-electron chi connectivity index (χ4n) is 1.24. The van der Waals surface area contributed by atoms with E-state index in [1.807, 2.05) is 0 Å². The van der Waals surface area contributed by atoms with Crippen LogP contribution in [0.1, 0.15) is 12.8 Å². The number of halogens is 1. The predicted molar refractivity (Wildman–Crippen MR) is 50.0 cm³/mol. The highest BCUT2D eigenvalue weighted by atomic mass is 19.1. The molecule has 2 nitrogen and oxygen atoms in total. The van der Waals surface area contributed by atoms with Crippen LogP contribution in [-0.2, 0) is 0 Å². The second-order valence-corrected chi connectivity index (χ2v) is 3.46. The summed E-state index contributed by atoms with van der Waals surface area (Å²) in [7, 11) is 1.43. The third kappa shape index (κ3) is 1.97. The monoisotopic (exact) mass is 195 g/mol. The fourth-order valence-corrected chi connectivity index (χ4v) is 1.24. The molecule has 1 aliphatic rings. The molecule has 0 N–H and O–H groups in total. The van der Waals surface area contributed by atoms with Crippen LogP contribution in [0.5, 0.6) is 11.5 Å². The molecule has 1 aromatic carbocycles. The number of hydrogen-bond donors (Lipinski definition) is 0. The molecule has 2 rings (SSSR count). The van der Waals surface area contributed by atoms with E-state index < -0.39 is 5.82 Å². The molecule has 1 fully saturated rings. The van der Waals surface area contributed by atoms with Crippen LogP contribution in [0.25, 0.3) is 0 Å². The summed E-state index contributed by atoms with van der Waals surface area (Å²) < 4.78 is 23.5. The lowest BCUT2D eigenvalue weighted by atomic mass is 10.3. The Kier molecular flexibility index (Phi) is 2.57. The van der Waals surface area contributed by atoms with Gasteiger partial charge < -0.3 is 9.47 Å². The second-order valence-electron chi connectivity index (χ2n) is 3.46. The summed E-state index contributed by atoms with van der Waals surface area (Å²) in [6, 6.07) is 5.51. The van der Waals surface area contributed by atoms with Gasteiger partial charge in [0.05, 0.1) is 13.7 Å². The minimum absolute atomic E-state index is 0.171. The van der Waals surface area contributed by atoms with Crippen molar-refractivity contribution in [2.24, 2.45) is 5.92 Å². The maximum Gasteiger partial charge on any atom is 0.196 e. The molecule has 1 saturated carbocycles. The molecule has 0 heterocycles. The highest BCUT2D eigenvalue weighted by molar-refractivity contribution is 5.40. The van der Waals surface area contributed by atoms with Crippen molar-refractivity contribution < 1.29 is 13.9 Å². The maximum atomic E-state index is 13.2. The summed E-state index contributed by atoms with van der Waals surface area (Å²) in [5.74, 6) is 0.826. The van der Waals surface area contributed by atoms with E-state index in [0.717, 1.165) is 0 Å². The third-order valence-corrected chi connectivity index (χ3v) is 2.24. The lowest BCUT2D eigenvalue weighted by Crippen LogP contribution is -2.01. The molecule has 0 unspecified atom stereocenters. The van der Waals surface area contributed by atoms with Crippen molar-refractivity contribution in [3.05, 3.63) is 24.0 Å². The van der Waals surface area contributed by atoms with Crippen molar-refractivity contribution in [1.82, 2.24) is 0 Å². The largest absolute Gasteiger partial charge is 0.490 e. The molecule has 0 aliphatic heterocycles. The Morgan fingerprint density at radius 3 is 2.93 bits per heavy atom. The van der Waals surface area contributed by atoms with Gasteiger partial charge in [-0.15, -0.1) is 0 Å². The molecule has 75 valence electrons. The Labute approximate surface area is 82.6 Å². The van der Waals surface area contributed by atoms with Crippen molar-refractivity contribution in [3.63, 3.8) is 0 Å². The van der Waals surface area contributed by atoms with Gasteiger partial charge in [0.25, 0.3) is 0 Å². The Bertz CT molecular complexity index is 321. The SMILES string of the molecule is COc1c(F)c[c]cc1OCC1CC1. The Hall–Kier alpha value is -1.25. The molecule has 14 heavy (non-hydrogen) atoms. The first kappa shape index (κ1) is 9.31. The van der Waals surface area contributed by atoms with Crippen molar-refractivity contribution in [1.29, 1.82) is 0 Å². The quantitative estimate of drug-likeness (QED) is 0.734. The maximum absolute atomic E-state index is 13.2. The summed E-state index contributed by atoms with van der Waals surface area (Å²) in [6.45, 7) is 0.646. The van der Waals surface area contributed by atoms with Gasteiger partial charge in [0, 0.05) is 0 Å². The van der Waals surface area contributed by atoms with Gasteiger partial charge >= 0.3 is 0 Å². The molecule has 0 bridgehead atoms. The van der Waals surface area contributed by atoms with E-state index in [1.165, 1.54) is 26.0 Å². The molecule has 0 amide bonds. The van der Waals surface area contributed by atoms with Gasteiger partial charge in [0.1, 0.15) is 0 Å². The smallest absolute Gasteiger partial charge is 0.196 e. The number of ether oxygens (including phenoxy) is 2. The minimum atomic E-state index is -0.430. The van der Waals surface area contributed by atoms with E-state index in [4.69, 9.17) is 9.47 Å². The average Bonchev–Trinajstić information content (AvgIpc) is 2.98. The van der Waals surface area contributed by atoms with Crippen LogP contribution >= 0.6 is 0 Å². The Morgan fingerprint density at radius 2 is 2.29 bits per heavy atom. The van der Waals surface area contributed by atoms with Crippen LogP contribution < -0.4 is 9.47 Å². The van der Waals surface area contributed by atoms with E-state index in [9.17, 15) is 4.39 Å². The lowest BCUT2D eigenvalue weighted by Gasteiger charge is -2.10. The van der Waals surface area contributed by atoms with E-state index in [2.05, 4.69) is 6.07 Å². The van der Waals surface area contributed by atoms with E-state index in [1.54, 1.807) is 6.07 Å². The standard InChI is InChI=1S/C11H12FO2/c1-13-11-9(12)3-2-4-10(11)14-7-8-5-6-8/h3-4,8H,5-7H2,1H3. The zero-order valence-corrected chi connectivity index (χ0v) is 8.05. The highest BCUT2D eigenvalue weighted by Gasteiger charge is 2.22. The number of benzene rings is 1. The minimum Gasteiger partial charge on any atom is -0.490 e. The molecule has 0 saturated heterocycles. The third-order valence-electron chi connectivity index (χ3n) is 2.24. The van der Waals surface area contributed by atoms with Crippen molar-refractivity contribution >= 4 is 0 Å². The van der Waals surface area contributed by atoms with Crippen LogP contribution in [0.2, 0.25) is 0 Å². The van der Waals surface area contributed by atoms with E-state index in [0.29, 0.717) is 18.3 Å². The first-order valence-corrected chi connectivity index (χ1v) is 4.67. The van der Waals surface area contributed by atoms with Crippen molar-refractivity contribution in [3.8, 4) is 11.5 Å². The summed E-state index contributed by atoms with van der Waals surface area (Å²) in [5, 5.41) is 0. The van der Waals surface area contributed by atoms with Gasteiger partial charge in [0.2, 0.25) is 0 Å². The normalized spacial score (nSPS) is 15.3. The first-order chi connectivity index (χ1) is 6.81. The zero-order chi connectivity index (χ0) is 9.97. The van der Waals surface area contributed by atoms with Crippen LogP contribution in [0, 0.1) is 17.8 Å². The second kappa shape index (κ2) is 3.86. The van der Waals surface area contributed by atoms with Crippen molar-refractivity contribution in [2.45, 2.75) is 12.8 Å². The summed E-state index contributed by atoms with van der Waals surface area (Å²) in [5.41, 5.74) is 0. The first-order valence-electron chi connectivity index (χ1n) is 4.67. The van der Waals surface area contributed by atoms with Gasteiger partial charge in [0.15, 0.2) is 17.3 Å². The predicted octanol–water partition coefficient (Wildman–Crippen LogP) is 2.42. The van der Waals surface area contributed by atoms with Gasteiger partial charge in [-0.1, -0.05) is 0 Å². The molecular formula is C11H12FO2. The number of hydrogen-bond acceptors (Lipinski definition) is 2. The van der Waals surface area contributed by atoms with Gasteiger partial charge in [-0.3, -0.25) is 0 Å². The topological polar surface area (TPSA) is 18.5 Å². The molecule has 1 aromatic rings. The Morgan fingerprint density at radius 1 is 1.50 bits per heavy atom. The number of rotatable bonds is 4. The van der Waals surface area contributed by atoms with Crippen molar-refractivity contribution in [2.75, 3.05) is 13.7 Å². The molecule has 0 spiro atoms. The van der Waals surface area contributed by atoms with Crippen LogP contribution in [0.15, 0.2) is 12.1 Å². The molecule has 0 aromatic heterocycles. The molecule has 0 atom stereocenters. The number of methoxy groups -OCH3 is 1. The summed E-state index contributed by atoms with van der Waals surface area (Å²) in [4.78, 5) is 0. The fraction of sp³-hybridized carbons (Fsp3) is 0.455. The molecule has 3 heteroatoms. The van der Waals surface area contributed by atoms with Crippen LogP contribution in [0.3, 0.4) is 0 Å². The molecule has 1 radical (unpaired) electrons. The van der Waals surface area contributed by atoms with Crippen LogP contribution in [-0.4, -0.2) is 13.7 Å². The van der Waals surface area contributed by atoms with Crippen LogP contribution in [0.4, 0.5) is 4.39 Å². The average molecular weight is 195 g/mol. The van der Waals surface area contributed by atoms with E-state index in [-0.39, 0.29) is 5.75 Å². The van der Waals surface area contributed by atoms with E-state index >= 15 is 0 Å². The summed E-state index contributed by atoms with van der Waals surface area (Å²) >= 11 is 0. The summed E-state index contributed by atoms with van der Waals surface area (Å²) in [6.07, 6.45) is 2.42. The zero-order valence-electron chi connectivity index (χ0n) is 8.05. The van der Waals surface area contributed by atoms with Gasteiger partial charge in [-0.2, -0.15) is 0 Å². The lowest BCUT2D eigenvalue weighted by molar-refractivity contribution is 0.274. The van der Waals surface area contributed by atoms with Gasteiger partial charge in [-0.25, -0.2) is 4.39 Å². The van der Waals surface area contributed by atoms with Gasteiger partial charge in [-0.05, 0) is 37.0 Å². The molecular weight excluding hydrogens is 183 g/mol.